The summed E-state index contributed by atoms with van der Waals surface area (Å²) in [6.45, 7) is 4.98. The van der Waals surface area contributed by atoms with Gasteiger partial charge in [-0.3, -0.25) is 14.5 Å². The van der Waals surface area contributed by atoms with Gasteiger partial charge in [0, 0.05) is 12.3 Å². The molecule has 1 aromatic heterocycles. The second kappa shape index (κ2) is 10.1. The lowest BCUT2D eigenvalue weighted by atomic mass is 10.1. The summed E-state index contributed by atoms with van der Waals surface area (Å²) < 4.78 is 10.6. The molecular weight excluding hydrogens is 430 g/mol. The van der Waals surface area contributed by atoms with E-state index in [1.807, 2.05) is 32.0 Å². The van der Waals surface area contributed by atoms with Crippen molar-refractivity contribution in [3.63, 3.8) is 0 Å². The van der Waals surface area contributed by atoms with E-state index in [4.69, 9.17) is 15.2 Å². The van der Waals surface area contributed by atoms with Crippen LogP contribution >= 0.6 is 11.3 Å². The molecule has 3 aromatic rings. The molecule has 0 radical (unpaired) electrons. The molecule has 0 aliphatic heterocycles. The van der Waals surface area contributed by atoms with Crippen LogP contribution in [-0.4, -0.2) is 29.4 Å². The van der Waals surface area contributed by atoms with Gasteiger partial charge in [0.15, 0.2) is 11.7 Å². The SMILES string of the molecule is CC(=O)N(c1nc(COC(=O)c2ccccc2OCC(N)=O)cs1)c1cccc(C)c1C. The van der Waals surface area contributed by atoms with Crippen molar-refractivity contribution >= 4 is 39.9 Å². The van der Waals surface area contributed by atoms with Crippen LogP contribution in [0.3, 0.4) is 0 Å². The Balaban J connectivity index is 1.74. The number of nitrogens with zero attached hydrogens (tertiary/aromatic N) is 2. The summed E-state index contributed by atoms with van der Waals surface area (Å²) in [5, 5.41) is 2.22. The van der Waals surface area contributed by atoms with Gasteiger partial charge in [0.2, 0.25) is 5.91 Å². The Morgan fingerprint density at radius 1 is 1.09 bits per heavy atom. The second-order valence-electron chi connectivity index (χ2n) is 7.02. The van der Waals surface area contributed by atoms with Gasteiger partial charge in [-0.2, -0.15) is 0 Å². The van der Waals surface area contributed by atoms with Gasteiger partial charge in [-0.05, 0) is 43.2 Å². The van der Waals surface area contributed by atoms with Crippen LogP contribution in [0, 0.1) is 13.8 Å². The minimum Gasteiger partial charge on any atom is -0.483 e. The number of benzene rings is 2. The highest BCUT2D eigenvalue weighted by Crippen LogP contribution is 2.32. The van der Waals surface area contributed by atoms with E-state index >= 15 is 0 Å². The molecule has 2 N–H and O–H groups in total. The van der Waals surface area contributed by atoms with Crippen LogP contribution in [0.2, 0.25) is 0 Å². The first-order valence-electron chi connectivity index (χ1n) is 9.76. The van der Waals surface area contributed by atoms with Crippen molar-refractivity contribution < 1.29 is 23.9 Å². The minimum atomic E-state index is -0.651. The lowest BCUT2D eigenvalue weighted by Gasteiger charge is -2.21. The van der Waals surface area contributed by atoms with E-state index in [-0.39, 0.29) is 30.4 Å². The minimum absolute atomic E-state index is 0.0853. The molecule has 166 valence electrons. The molecule has 0 bridgehead atoms. The maximum Gasteiger partial charge on any atom is 0.342 e. The number of para-hydroxylation sites is 1. The Hall–Kier alpha value is -3.72. The molecule has 0 fully saturated rings. The molecule has 8 nitrogen and oxygen atoms in total. The Labute approximate surface area is 189 Å². The number of carbonyl (C=O) groups is 3. The van der Waals surface area contributed by atoms with Crippen molar-refractivity contribution in [1.82, 2.24) is 4.98 Å². The predicted molar refractivity (Wildman–Crippen MR) is 121 cm³/mol. The standard InChI is InChI=1S/C23H23N3O5S/c1-14-7-6-9-19(15(14)2)26(16(3)27)23-25-17(13-32-23)11-31-22(29)18-8-4-5-10-20(18)30-12-21(24)28/h4-10,13H,11-12H2,1-3H3,(H2,24,28). The van der Waals surface area contributed by atoms with Gasteiger partial charge in [0.1, 0.15) is 17.9 Å². The first-order valence-corrected chi connectivity index (χ1v) is 10.6. The highest BCUT2D eigenvalue weighted by Gasteiger charge is 2.21. The van der Waals surface area contributed by atoms with E-state index in [9.17, 15) is 14.4 Å². The fraction of sp³-hybridized carbons (Fsp3) is 0.217. The largest absolute Gasteiger partial charge is 0.483 e. The normalized spacial score (nSPS) is 10.5. The number of rotatable bonds is 8. The number of carbonyl (C=O) groups excluding carboxylic acids is 3. The van der Waals surface area contributed by atoms with Crippen LogP contribution in [0.5, 0.6) is 5.75 Å². The van der Waals surface area contributed by atoms with E-state index in [0.717, 1.165) is 16.8 Å². The number of esters is 1. The van der Waals surface area contributed by atoms with Crippen molar-refractivity contribution in [3.05, 3.63) is 70.2 Å². The van der Waals surface area contributed by atoms with E-state index in [1.54, 1.807) is 28.5 Å². The molecule has 0 atom stereocenters. The summed E-state index contributed by atoms with van der Waals surface area (Å²) in [4.78, 5) is 41.9. The predicted octanol–water partition coefficient (Wildman–Crippen LogP) is 3.67. The molecule has 0 aliphatic carbocycles. The molecule has 2 amide bonds. The average Bonchev–Trinajstić information content (AvgIpc) is 3.22. The molecule has 1 heterocycles. The number of amides is 2. The van der Waals surface area contributed by atoms with Crippen molar-refractivity contribution in [3.8, 4) is 5.75 Å². The van der Waals surface area contributed by atoms with Gasteiger partial charge < -0.3 is 15.2 Å². The smallest absolute Gasteiger partial charge is 0.342 e. The van der Waals surface area contributed by atoms with Crippen LogP contribution in [-0.2, 0) is 20.9 Å². The average molecular weight is 454 g/mol. The van der Waals surface area contributed by atoms with Gasteiger partial charge in [0.05, 0.1) is 11.4 Å². The van der Waals surface area contributed by atoms with Gasteiger partial charge in [-0.1, -0.05) is 24.3 Å². The van der Waals surface area contributed by atoms with Crippen LogP contribution in [0.15, 0.2) is 47.8 Å². The lowest BCUT2D eigenvalue weighted by molar-refractivity contribution is -0.120. The van der Waals surface area contributed by atoms with Crippen molar-refractivity contribution in [1.29, 1.82) is 0 Å². The van der Waals surface area contributed by atoms with Crippen LogP contribution in [0.25, 0.3) is 0 Å². The van der Waals surface area contributed by atoms with E-state index in [0.29, 0.717) is 10.8 Å². The summed E-state index contributed by atoms with van der Waals surface area (Å²) in [6, 6.07) is 12.1. The molecule has 0 aliphatic rings. The third-order valence-electron chi connectivity index (χ3n) is 4.69. The second-order valence-corrected chi connectivity index (χ2v) is 7.86. The summed E-state index contributed by atoms with van der Waals surface area (Å²) in [7, 11) is 0. The fourth-order valence-electron chi connectivity index (χ4n) is 2.98. The summed E-state index contributed by atoms with van der Waals surface area (Å²) in [5.74, 6) is -1.25. The molecule has 32 heavy (non-hydrogen) atoms. The van der Waals surface area contributed by atoms with E-state index in [2.05, 4.69) is 4.98 Å². The first kappa shape index (κ1) is 23.0. The fourth-order valence-corrected chi connectivity index (χ4v) is 3.84. The lowest BCUT2D eigenvalue weighted by Crippen LogP contribution is -2.23. The third-order valence-corrected chi connectivity index (χ3v) is 5.57. The van der Waals surface area contributed by atoms with E-state index in [1.165, 1.54) is 24.3 Å². The summed E-state index contributed by atoms with van der Waals surface area (Å²) in [5.41, 5.74) is 8.58. The zero-order chi connectivity index (χ0) is 23.3. The number of hydrogen-bond donors (Lipinski definition) is 1. The summed E-state index contributed by atoms with van der Waals surface area (Å²) in [6.07, 6.45) is 0. The maximum atomic E-state index is 12.5. The van der Waals surface area contributed by atoms with Crippen molar-refractivity contribution in [2.24, 2.45) is 5.73 Å². The maximum absolute atomic E-state index is 12.5. The number of primary amides is 1. The summed E-state index contributed by atoms with van der Waals surface area (Å²) >= 11 is 1.28. The Morgan fingerprint density at radius 3 is 2.56 bits per heavy atom. The number of aryl methyl sites for hydroxylation is 1. The van der Waals surface area contributed by atoms with Gasteiger partial charge in [-0.25, -0.2) is 9.78 Å². The molecule has 0 spiro atoms. The van der Waals surface area contributed by atoms with Crippen molar-refractivity contribution in [2.75, 3.05) is 11.5 Å². The van der Waals surface area contributed by atoms with Crippen LogP contribution < -0.4 is 15.4 Å². The zero-order valence-electron chi connectivity index (χ0n) is 18.0. The third kappa shape index (κ3) is 5.30. The molecular formula is C23H23N3O5S. The molecule has 0 unspecified atom stereocenters. The number of aromatic nitrogens is 1. The Bertz CT molecular complexity index is 1160. The molecule has 0 saturated carbocycles. The van der Waals surface area contributed by atoms with Gasteiger partial charge in [0.25, 0.3) is 5.91 Å². The quantitative estimate of drug-likeness (QED) is 0.521. The van der Waals surface area contributed by atoms with Crippen LogP contribution in [0.1, 0.15) is 34.1 Å². The molecule has 9 heteroatoms. The monoisotopic (exact) mass is 453 g/mol. The van der Waals surface area contributed by atoms with Gasteiger partial charge in [-0.15, -0.1) is 11.3 Å². The molecule has 3 rings (SSSR count). The first-order chi connectivity index (χ1) is 15.3. The Kier molecular flexibility index (Phi) is 7.21. The molecule has 0 saturated heterocycles. The highest BCUT2D eigenvalue weighted by atomic mass is 32.1. The number of ether oxygens (including phenoxy) is 2. The van der Waals surface area contributed by atoms with Gasteiger partial charge >= 0.3 is 5.97 Å². The number of anilines is 2. The van der Waals surface area contributed by atoms with Crippen molar-refractivity contribution in [2.45, 2.75) is 27.4 Å². The number of hydrogen-bond acceptors (Lipinski definition) is 7. The number of thiazole rings is 1. The number of nitrogens with two attached hydrogens (primary N) is 1. The van der Waals surface area contributed by atoms with Crippen LogP contribution in [0.4, 0.5) is 10.8 Å². The highest BCUT2D eigenvalue weighted by molar-refractivity contribution is 7.14. The topological polar surface area (TPSA) is 112 Å². The Morgan fingerprint density at radius 2 is 1.84 bits per heavy atom. The van der Waals surface area contributed by atoms with E-state index < -0.39 is 11.9 Å². The zero-order valence-corrected chi connectivity index (χ0v) is 18.8. The molecule has 2 aromatic carbocycles.